The first-order chi connectivity index (χ1) is 8.93. The van der Waals surface area contributed by atoms with Crippen molar-refractivity contribution in [3.63, 3.8) is 0 Å². The molecule has 1 rings (SSSR count). The number of nitrogens with one attached hydrogen (secondary N) is 1. The number of ketones is 1. The third-order valence-corrected chi connectivity index (χ3v) is 2.87. The molecule has 0 unspecified atom stereocenters. The lowest BCUT2D eigenvalue weighted by Gasteiger charge is -2.13. The van der Waals surface area contributed by atoms with Gasteiger partial charge in [-0.15, -0.1) is 0 Å². The topological polar surface area (TPSA) is 55.4 Å². The molecule has 0 aliphatic heterocycles. The summed E-state index contributed by atoms with van der Waals surface area (Å²) in [5.74, 6) is 0.840. The Morgan fingerprint density at radius 1 is 1.26 bits per heavy atom. The van der Waals surface area contributed by atoms with Crippen molar-refractivity contribution in [1.29, 1.82) is 0 Å². The summed E-state index contributed by atoms with van der Waals surface area (Å²) in [6.45, 7) is 5.65. The van der Waals surface area contributed by atoms with E-state index in [1.165, 1.54) is 6.92 Å². The van der Waals surface area contributed by atoms with E-state index in [9.17, 15) is 9.59 Å². The van der Waals surface area contributed by atoms with Crippen LogP contribution in [0.25, 0.3) is 0 Å². The van der Waals surface area contributed by atoms with Gasteiger partial charge in [0.15, 0.2) is 0 Å². The molecule has 0 bridgehead atoms. The van der Waals surface area contributed by atoms with Crippen LogP contribution in [0.2, 0.25) is 0 Å². The molecule has 0 radical (unpaired) electrons. The van der Waals surface area contributed by atoms with Crippen LogP contribution in [-0.2, 0) is 9.59 Å². The van der Waals surface area contributed by atoms with Crippen LogP contribution in [0.3, 0.4) is 0 Å². The molecule has 4 heteroatoms. The van der Waals surface area contributed by atoms with Crippen LogP contribution in [0.1, 0.15) is 45.1 Å². The minimum atomic E-state index is -0.172. The third kappa shape index (κ3) is 4.73. The lowest BCUT2D eigenvalue weighted by Crippen LogP contribution is -2.13. The molecule has 0 fully saturated rings. The molecule has 0 aromatic heterocycles. The number of rotatable bonds is 6. The van der Waals surface area contributed by atoms with Crippen molar-refractivity contribution in [2.45, 2.75) is 39.5 Å². The highest BCUT2D eigenvalue weighted by Gasteiger charge is 2.10. The van der Waals surface area contributed by atoms with Crippen LogP contribution in [0.5, 0.6) is 5.75 Å². The number of Topliss-reactive ketones (excluding diaryl/α,β-unsaturated/α-hetero) is 1. The summed E-state index contributed by atoms with van der Waals surface area (Å²) in [6.07, 6.45) is 0.461. The Kier molecular flexibility index (Phi) is 5.55. The van der Waals surface area contributed by atoms with Gasteiger partial charge in [0, 0.05) is 12.8 Å². The van der Waals surface area contributed by atoms with Crippen molar-refractivity contribution < 1.29 is 14.3 Å². The average Bonchev–Trinajstić information content (AvgIpc) is 2.36. The predicted molar refractivity (Wildman–Crippen MR) is 75.6 cm³/mol. The van der Waals surface area contributed by atoms with Gasteiger partial charge in [-0.3, -0.25) is 4.79 Å². The summed E-state index contributed by atoms with van der Waals surface area (Å²) in [6, 6.07) is 5.74. The van der Waals surface area contributed by atoms with Gasteiger partial charge in [0.25, 0.3) is 0 Å². The minimum Gasteiger partial charge on any atom is -0.495 e. The van der Waals surface area contributed by atoms with E-state index in [4.69, 9.17) is 4.74 Å². The molecular weight excluding hydrogens is 242 g/mol. The molecule has 1 amide bonds. The molecule has 1 N–H and O–H groups in total. The normalized spacial score (nSPS) is 10.4. The Morgan fingerprint density at radius 3 is 2.47 bits per heavy atom. The number of hydrogen-bond acceptors (Lipinski definition) is 3. The van der Waals surface area contributed by atoms with Crippen molar-refractivity contribution >= 4 is 17.4 Å². The van der Waals surface area contributed by atoms with Gasteiger partial charge in [-0.25, -0.2) is 0 Å². The fourth-order valence-corrected chi connectivity index (χ4v) is 1.68. The van der Waals surface area contributed by atoms with Gasteiger partial charge in [-0.2, -0.15) is 0 Å². The summed E-state index contributed by atoms with van der Waals surface area (Å²) >= 11 is 0. The second-order valence-corrected chi connectivity index (χ2v) is 4.86. The van der Waals surface area contributed by atoms with Crippen molar-refractivity contribution in [3.8, 4) is 5.75 Å². The average molecular weight is 263 g/mol. The standard InChI is InChI=1S/C15H21NO3/c1-10(2)12-6-7-14(19-4)13(9-12)16-15(18)8-5-11(3)17/h6-7,9-10H,5,8H2,1-4H3,(H,16,18). The maximum atomic E-state index is 11.7. The molecule has 4 nitrogen and oxygen atoms in total. The van der Waals surface area contributed by atoms with Gasteiger partial charge in [0.2, 0.25) is 5.91 Å². The lowest BCUT2D eigenvalue weighted by molar-refractivity contribution is -0.121. The third-order valence-electron chi connectivity index (χ3n) is 2.87. The zero-order valence-corrected chi connectivity index (χ0v) is 11.9. The molecule has 0 aliphatic rings. The second-order valence-electron chi connectivity index (χ2n) is 4.86. The van der Waals surface area contributed by atoms with E-state index in [1.807, 2.05) is 18.2 Å². The van der Waals surface area contributed by atoms with E-state index in [2.05, 4.69) is 19.2 Å². The number of carbonyl (C=O) groups excluding carboxylic acids is 2. The molecular formula is C15H21NO3. The number of amides is 1. The van der Waals surface area contributed by atoms with Crippen LogP contribution >= 0.6 is 0 Å². The van der Waals surface area contributed by atoms with Crippen LogP contribution in [-0.4, -0.2) is 18.8 Å². The van der Waals surface area contributed by atoms with Crippen molar-refractivity contribution in [3.05, 3.63) is 23.8 Å². The van der Waals surface area contributed by atoms with Crippen LogP contribution in [0.4, 0.5) is 5.69 Å². The van der Waals surface area contributed by atoms with E-state index < -0.39 is 0 Å². The zero-order valence-electron chi connectivity index (χ0n) is 11.9. The Balaban J connectivity index is 2.82. The molecule has 104 valence electrons. The molecule has 1 aromatic carbocycles. The SMILES string of the molecule is COc1ccc(C(C)C)cc1NC(=O)CCC(C)=O. The van der Waals surface area contributed by atoms with Gasteiger partial charge in [0.1, 0.15) is 11.5 Å². The van der Waals surface area contributed by atoms with E-state index in [1.54, 1.807) is 7.11 Å². The van der Waals surface area contributed by atoms with E-state index in [0.717, 1.165) is 5.56 Å². The van der Waals surface area contributed by atoms with Gasteiger partial charge >= 0.3 is 0 Å². The number of methoxy groups -OCH3 is 1. The Labute approximate surface area is 114 Å². The van der Waals surface area contributed by atoms with Gasteiger partial charge < -0.3 is 14.8 Å². The maximum absolute atomic E-state index is 11.7. The predicted octanol–water partition coefficient (Wildman–Crippen LogP) is 3.13. The van der Waals surface area contributed by atoms with E-state index >= 15 is 0 Å². The van der Waals surface area contributed by atoms with Crippen molar-refractivity contribution in [2.75, 3.05) is 12.4 Å². The summed E-state index contributed by atoms with van der Waals surface area (Å²) < 4.78 is 5.22. The molecule has 0 spiro atoms. The fraction of sp³-hybridized carbons (Fsp3) is 0.467. The van der Waals surface area contributed by atoms with Crippen LogP contribution in [0, 0.1) is 0 Å². The van der Waals surface area contributed by atoms with E-state index in [-0.39, 0.29) is 24.5 Å². The Bertz CT molecular complexity index is 466. The van der Waals surface area contributed by atoms with Crippen LogP contribution in [0.15, 0.2) is 18.2 Å². The molecule has 0 heterocycles. The summed E-state index contributed by atoms with van der Waals surface area (Å²) in [5, 5.41) is 2.80. The highest BCUT2D eigenvalue weighted by atomic mass is 16.5. The summed E-state index contributed by atoms with van der Waals surface area (Å²) in [5.41, 5.74) is 1.78. The largest absolute Gasteiger partial charge is 0.495 e. The van der Waals surface area contributed by atoms with Gasteiger partial charge in [0.05, 0.1) is 12.8 Å². The maximum Gasteiger partial charge on any atom is 0.224 e. The molecule has 0 saturated heterocycles. The first-order valence-corrected chi connectivity index (χ1v) is 6.41. The molecule has 19 heavy (non-hydrogen) atoms. The number of hydrogen-bond donors (Lipinski definition) is 1. The molecule has 0 atom stereocenters. The molecule has 0 saturated carbocycles. The summed E-state index contributed by atoms with van der Waals surface area (Å²) in [4.78, 5) is 22.6. The zero-order chi connectivity index (χ0) is 14.4. The highest BCUT2D eigenvalue weighted by Crippen LogP contribution is 2.28. The minimum absolute atomic E-state index is 0.0121. The number of carbonyl (C=O) groups is 2. The van der Waals surface area contributed by atoms with Gasteiger partial charge in [-0.05, 0) is 30.5 Å². The van der Waals surface area contributed by atoms with Crippen molar-refractivity contribution in [1.82, 2.24) is 0 Å². The Morgan fingerprint density at radius 2 is 1.95 bits per heavy atom. The Hall–Kier alpha value is -1.84. The first-order valence-electron chi connectivity index (χ1n) is 6.41. The first kappa shape index (κ1) is 15.2. The summed E-state index contributed by atoms with van der Waals surface area (Å²) in [7, 11) is 1.57. The number of ether oxygens (including phenoxy) is 1. The van der Waals surface area contributed by atoms with E-state index in [0.29, 0.717) is 17.4 Å². The molecule has 1 aromatic rings. The monoisotopic (exact) mass is 263 g/mol. The fourth-order valence-electron chi connectivity index (χ4n) is 1.68. The van der Waals surface area contributed by atoms with Crippen LogP contribution < -0.4 is 10.1 Å². The van der Waals surface area contributed by atoms with Crippen molar-refractivity contribution in [2.24, 2.45) is 0 Å². The van der Waals surface area contributed by atoms with Gasteiger partial charge in [-0.1, -0.05) is 19.9 Å². The number of benzene rings is 1. The quantitative estimate of drug-likeness (QED) is 0.858. The number of anilines is 1. The molecule has 0 aliphatic carbocycles. The lowest BCUT2D eigenvalue weighted by atomic mass is 10.0. The highest BCUT2D eigenvalue weighted by molar-refractivity contribution is 5.94. The smallest absolute Gasteiger partial charge is 0.224 e. The second kappa shape index (κ2) is 6.92.